The summed E-state index contributed by atoms with van der Waals surface area (Å²) in [5, 5.41) is 3.52. The Morgan fingerprint density at radius 2 is 2.36 bits per heavy atom. The molecule has 1 heterocycles. The fourth-order valence-corrected chi connectivity index (χ4v) is 2.70. The van der Waals surface area contributed by atoms with Crippen LogP contribution in [0.15, 0.2) is 35.2 Å². The van der Waals surface area contributed by atoms with E-state index in [1.165, 1.54) is 21.7 Å². The molecule has 74 valence electrons. The number of aryl methyl sites for hydroxylation is 1. The quantitative estimate of drug-likeness (QED) is 0.705. The van der Waals surface area contributed by atoms with Gasteiger partial charge in [-0.15, -0.1) is 11.8 Å². The molecule has 1 N–H and O–H groups in total. The highest BCUT2D eigenvalue weighted by molar-refractivity contribution is 7.99. The largest absolute Gasteiger partial charge is 0.377 e. The third kappa shape index (κ3) is 1.80. The first-order valence-electron chi connectivity index (χ1n) is 4.82. The van der Waals surface area contributed by atoms with E-state index in [0.29, 0.717) is 6.04 Å². The molecule has 2 heteroatoms. The number of hydrogen-bond acceptors (Lipinski definition) is 2. The van der Waals surface area contributed by atoms with Gasteiger partial charge in [0.15, 0.2) is 0 Å². The first kappa shape index (κ1) is 9.66. The summed E-state index contributed by atoms with van der Waals surface area (Å²) in [4.78, 5) is 1.35. The molecule has 1 aromatic rings. The van der Waals surface area contributed by atoms with Crippen molar-refractivity contribution in [3.05, 3.63) is 35.9 Å². The second kappa shape index (κ2) is 3.70. The zero-order chi connectivity index (χ0) is 10.1. The predicted molar refractivity (Wildman–Crippen MR) is 64.1 cm³/mol. The fraction of sp³-hybridized carbons (Fsp3) is 0.333. The van der Waals surface area contributed by atoms with Gasteiger partial charge in [-0.2, -0.15) is 0 Å². The Kier molecular flexibility index (Phi) is 2.55. The van der Waals surface area contributed by atoms with Crippen LogP contribution < -0.4 is 5.32 Å². The molecule has 0 radical (unpaired) electrons. The van der Waals surface area contributed by atoms with Crippen LogP contribution in [0, 0.1) is 6.92 Å². The maximum Gasteiger partial charge on any atom is 0.0562 e. The van der Waals surface area contributed by atoms with Crippen LogP contribution in [0.25, 0.3) is 0 Å². The molecule has 0 saturated carbocycles. The summed E-state index contributed by atoms with van der Waals surface area (Å²) in [7, 11) is 0. The van der Waals surface area contributed by atoms with Crippen molar-refractivity contribution in [2.75, 3.05) is 11.1 Å². The van der Waals surface area contributed by atoms with Crippen molar-refractivity contribution in [2.24, 2.45) is 0 Å². The number of fused-ring (bicyclic) bond motifs is 1. The van der Waals surface area contributed by atoms with Gasteiger partial charge in [0.1, 0.15) is 0 Å². The molecule has 0 fully saturated rings. The van der Waals surface area contributed by atoms with Crippen LogP contribution in [-0.4, -0.2) is 11.8 Å². The molecule has 0 saturated heterocycles. The smallest absolute Gasteiger partial charge is 0.0562 e. The van der Waals surface area contributed by atoms with Crippen LogP contribution >= 0.6 is 11.8 Å². The highest BCUT2D eigenvalue weighted by Crippen LogP contribution is 2.34. The molecule has 0 spiro atoms. The molecule has 0 bridgehead atoms. The van der Waals surface area contributed by atoms with Gasteiger partial charge in [-0.25, -0.2) is 0 Å². The number of benzene rings is 1. The van der Waals surface area contributed by atoms with Crippen LogP contribution in [0.4, 0.5) is 5.69 Å². The monoisotopic (exact) mass is 205 g/mol. The first-order valence-corrected chi connectivity index (χ1v) is 5.81. The Morgan fingerprint density at radius 1 is 1.57 bits per heavy atom. The highest BCUT2D eigenvalue weighted by Gasteiger charge is 2.18. The molecule has 0 aromatic heterocycles. The number of thioether (sulfide) groups is 1. The van der Waals surface area contributed by atoms with Gasteiger partial charge in [-0.05, 0) is 31.5 Å². The van der Waals surface area contributed by atoms with Gasteiger partial charge in [-0.1, -0.05) is 18.2 Å². The van der Waals surface area contributed by atoms with Crippen LogP contribution in [0.1, 0.15) is 12.5 Å². The second-order valence-corrected chi connectivity index (χ2v) is 4.92. The minimum Gasteiger partial charge on any atom is -0.377 e. The lowest BCUT2D eigenvalue weighted by Crippen LogP contribution is -2.26. The van der Waals surface area contributed by atoms with Crippen LogP contribution in [0.2, 0.25) is 0 Å². The summed E-state index contributed by atoms with van der Waals surface area (Å²) >= 11 is 1.91. The van der Waals surface area contributed by atoms with Crippen molar-refractivity contribution < 1.29 is 0 Å². The van der Waals surface area contributed by atoms with E-state index in [9.17, 15) is 0 Å². The average Bonchev–Trinajstić information content (AvgIpc) is 2.16. The van der Waals surface area contributed by atoms with Gasteiger partial charge in [0.2, 0.25) is 0 Å². The topological polar surface area (TPSA) is 12.0 Å². The van der Waals surface area contributed by atoms with Crippen LogP contribution in [0.5, 0.6) is 0 Å². The van der Waals surface area contributed by atoms with Gasteiger partial charge in [0.25, 0.3) is 0 Å². The Labute approximate surface area is 89.6 Å². The summed E-state index contributed by atoms with van der Waals surface area (Å²) in [5.74, 6) is 1.09. The fourth-order valence-electron chi connectivity index (χ4n) is 1.55. The van der Waals surface area contributed by atoms with Crippen molar-refractivity contribution in [1.82, 2.24) is 0 Å². The molecule has 0 amide bonds. The molecule has 1 nitrogen and oxygen atoms in total. The first-order chi connectivity index (χ1) is 6.66. The number of anilines is 1. The van der Waals surface area contributed by atoms with Crippen molar-refractivity contribution in [1.29, 1.82) is 0 Å². The molecule has 1 aliphatic rings. The lowest BCUT2D eigenvalue weighted by molar-refractivity contribution is 0.922. The van der Waals surface area contributed by atoms with E-state index in [4.69, 9.17) is 0 Å². The SMILES string of the molecule is C=C(C)[C@H]1CSc2ccc(C)cc2N1. The van der Waals surface area contributed by atoms with E-state index in [-0.39, 0.29) is 0 Å². The Morgan fingerprint density at radius 3 is 3.07 bits per heavy atom. The van der Waals surface area contributed by atoms with Gasteiger partial charge in [0.05, 0.1) is 6.04 Å². The Hall–Kier alpha value is -0.890. The highest BCUT2D eigenvalue weighted by atomic mass is 32.2. The Balaban J connectivity index is 2.29. The van der Waals surface area contributed by atoms with Crippen molar-refractivity contribution in [3.63, 3.8) is 0 Å². The maximum atomic E-state index is 4.00. The van der Waals surface area contributed by atoms with Crippen molar-refractivity contribution in [3.8, 4) is 0 Å². The molecule has 2 rings (SSSR count). The number of hydrogen-bond donors (Lipinski definition) is 1. The van der Waals surface area contributed by atoms with E-state index in [0.717, 1.165) is 5.75 Å². The van der Waals surface area contributed by atoms with Gasteiger partial charge in [-0.3, -0.25) is 0 Å². The summed E-state index contributed by atoms with van der Waals surface area (Å²) in [6, 6.07) is 6.98. The van der Waals surface area contributed by atoms with E-state index in [2.05, 4.69) is 43.9 Å². The van der Waals surface area contributed by atoms with Gasteiger partial charge in [0, 0.05) is 16.3 Å². The van der Waals surface area contributed by atoms with Crippen molar-refractivity contribution >= 4 is 17.4 Å². The normalized spacial score (nSPS) is 19.7. The molecule has 1 aromatic carbocycles. The number of rotatable bonds is 1. The molecule has 0 aliphatic carbocycles. The lowest BCUT2D eigenvalue weighted by Gasteiger charge is -2.27. The van der Waals surface area contributed by atoms with E-state index < -0.39 is 0 Å². The summed E-state index contributed by atoms with van der Waals surface area (Å²) in [6.45, 7) is 8.20. The molecule has 0 unspecified atom stereocenters. The van der Waals surface area contributed by atoms with Gasteiger partial charge >= 0.3 is 0 Å². The van der Waals surface area contributed by atoms with Crippen molar-refractivity contribution in [2.45, 2.75) is 24.8 Å². The molecular formula is C12H15NS. The zero-order valence-corrected chi connectivity index (χ0v) is 9.45. The summed E-state index contributed by atoms with van der Waals surface area (Å²) < 4.78 is 0. The van der Waals surface area contributed by atoms with E-state index in [1.807, 2.05) is 11.8 Å². The minimum absolute atomic E-state index is 0.425. The standard InChI is InChI=1S/C12H15NS/c1-8(2)11-7-14-12-5-4-9(3)6-10(12)13-11/h4-6,11,13H,1,7H2,2-3H3/t11-/m1/s1. The predicted octanol–water partition coefficient (Wildman–Crippen LogP) is 3.46. The second-order valence-electron chi connectivity index (χ2n) is 3.85. The summed E-state index contributed by atoms with van der Waals surface area (Å²) in [6.07, 6.45) is 0. The minimum atomic E-state index is 0.425. The number of nitrogens with one attached hydrogen (secondary N) is 1. The molecule has 1 aliphatic heterocycles. The maximum absolute atomic E-state index is 4.00. The van der Waals surface area contributed by atoms with Gasteiger partial charge < -0.3 is 5.32 Å². The summed E-state index contributed by atoms with van der Waals surface area (Å²) in [5.41, 5.74) is 3.78. The lowest BCUT2D eigenvalue weighted by atomic mass is 10.1. The molecular weight excluding hydrogens is 190 g/mol. The van der Waals surface area contributed by atoms with E-state index in [1.54, 1.807) is 0 Å². The average molecular weight is 205 g/mol. The zero-order valence-electron chi connectivity index (χ0n) is 8.63. The van der Waals surface area contributed by atoms with Crippen LogP contribution in [-0.2, 0) is 0 Å². The van der Waals surface area contributed by atoms with Crippen LogP contribution in [0.3, 0.4) is 0 Å². The Bertz CT molecular complexity index is 371. The third-order valence-corrected chi connectivity index (χ3v) is 3.63. The molecule has 14 heavy (non-hydrogen) atoms. The molecule has 1 atom stereocenters. The third-order valence-electron chi connectivity index (χ3n) is 2.47. The van der Waals surface area contributed by atoms with E-state index >= 15 is 0 Å².